The van der Waals surface area contributed by atoms with Gasteiger partial charge in [-0.2, -0.15) is 0 Å². The van der Waals surface area contributed by atoms with Crippen LogP contribution in [0, 0.1) is 11.8 Å². The minimum absolute atomic E-state index is 0.101. The van der Waals surface area contributed by atoms with Gasteiger partial charge in [0, 0.05) is 19.6 Å². The normalized spacial score (nSPS) is 31.0. The number of hydrogen-bond donors (Lipinski definition) is 0. The Kier molecular flexibility index (Phi) is 5.58. The molecule has 6 nitrogen and oxygen atoms in total. The smallest absolute Gasteiger partial charge is 0.325 e. The Bertz CT molecular complexity index is 378. The van der Waals surface area contributed by atoms with E-state index in [1.807, 2.05) is 9.80 Å². The van der Waals surface area contributed by atoms with Gasteiger partial charge < -0.3 is 14.4 Å². The first-order valence-electron chi connectivity index (χ1n) is 7.68. The first kappa shape index (κ1) is 16.2. The molecule has 3 atom stereocenters. The average molecular weight is 298 g/mol. The van der Waals surface area contributed by atoms with Crippen molar-refractivity contribution < 1.29 is 19.1 Å². The lowest BCUT2D eigenvalue weighted by Crippen LogP contribution is -2.55. The number of rotatable bonds is 3. The number of esters is 1. The quantitative estimate of drug-likeness (QED) is 0.704. The number of methoxy groups -OCH3 is 1. The fourth-order valence-electron chi connectivity index (χ4n) is 3.32. The maximum Gasteiger partial charge on any atom is 0.325 e. The van der Waals surface area contributed by atoms with Crippen molar-refractivity contribution >= 4 is 11.9 Å². The summed E-state index contributed by atoms with van der Waals surface area (Å²) in [6, 6.07) is -0.465. The van der Waals surface area contributed by atoms with Crippen LogP contribution in [0.1, 0.15) is 20.3 Å². The van der Waals surface area contributed by atoms with Crippen LogP contribution in [0.25, 0.3) is 0 Å². The van der Waals surface area contributed by atoms with E-state index in [1.165, 1.54) is 13.5 Å². The summed E-state index contributed by atoms with van der Waals surface area (Å²) in [5.74, 6) is 0.852. The number of likely N-dealkylation sites (tertiary alicyclic amines) is 1. The molecule has 2 saturated heterocycles. The Morgan fingerprint density at radius 1 is 1.24 bits per heavy atom. The molecular weight excluding hydrogens is 272 g/mol. The molecule has 120 valence electrons. The first-order valence-corrected chi connectivity index (χ1v) is 7.68. The van der Waals surface area contributed by atoms with Gasteiger partial charge in [0.05, 0.1) is 26.9 Å². The van der Waals surface area contributed by atoms with Crippen molar-refractivity contribution in [3.63, 3.8) is 0 Å². The zero-order valence-electron chi connectivity index (χ0n) is 13.2. The number of carbonyl (C=O) groups is 2. The molecule has 2 rings (SSSR count). The number of hydrogen-bond acceptors (Lipinski definition) is 5. The second-order valence-electron chi connectivity index (χ2n) is 6.33. The summed E-state index contributed by atoms with van der Waals surface area (Å²) in [5, 5.41) is 0. The summed E-state index contributed by atoms with van der Waals surface area (Å²) in [7, 11) is 1.37. The van der Waals surface area contributed by atoms with E-state index >= 15 is 0 Å². The lowest BCUT2D eigenvalue weighted by molar-refractivity contribution is -0.155. The summed E-state index contributed by atoms with van der Waals surface area (Å²) >= 11 is 0. The van der Waals surface area contributed by atoms with Gasteiger partial charge in [-0.05, 0) is 18.3 Å². The standard InChI is InChI=1S/C15H26N2O4/c1-11-6-12(2)8-17(7-11)14(18)9-16-4-5-21-10-13(16)15(19)20-3/h11-13H,4-10H2,1-3H3. The summed E-state index contributed by atoms with van der Waals surface area (Å²) in [5.41, 5.74) is 0. The Labute approximate surface area is 126 Å². The number of carbonyl (C=O) groups excluding carboxylic acids is 2. The molecule has 2 aliphatic rings. The van der Waals surface area contributed by atoms with Crippen LogP contribution in [0.4, 0.5) is 0 Å². The van der Waals surface area contributed by atoms with Crippen LogP contribution >= 0.6 is 0 Å². The van der Waals surface area contributed by atoms with Crippen molar-refractivity contribution in [2.24, 2.45) is 11.8 Å². The molecule has 0 bridgehead atoms. The molecule has 1 amide bonds. The minimum Gasteiger partial charge on any atom is -0.468 e. The van der Waals surface area contributed by atoms with Crippen molar-refractivity contribution in [2.45, 2.75) is 26.3 Å². The molecule has 0 spiro atoms. The highest BCUT2D eigenvalue weighted by Gasteiger charge is 2.33. The van der Waals surface area contributed by atoms with Crippen molar-refractivity contribution in [3.8, 4) is 0 Å². The van der Waals surface area contributed by atoms with E-state index in [4.69, 9.17) is 9.47 Å². The van der Waals surface area contributed by atoms with E-state index < -0.39 is 6.04 Å². The van der Waals surface area contributed by atoms with E-state index in [0.29, 0.717) is 31.6 Å². The molecule has 0 N–H and O–H groups in total. The second kappa shape index (κ2) is 7.22. The van der Waals surface area contributed by atoms with Crippen molar-refractivity contribution in [2.75, 3.05) is 46.5 Å². The number of piperidine rings is 1. The molecule has 2 fully saturated rings. The first-order chi connectivity index (χ1) is 10.0. The van der Waals surface area contributed by atoms with Crippen molar-refractivity contribution in [3.05, 3.63) is 0 Å². The molecule has 3 unspecified atom stereocenters. The Hall–Kier alpha value is -1.14. The molecule has 0 saturated carbocycles. The number of nitrogens with zero attached hydrogens (tertiary/aromatic N) is 2. The molecule has 21 heavy (non-hydrogen) atoms. The van der Waals surface area contributed by atoms with Crippen LogP contribution in [0.15, 0.2) is 0 Å². The van der Waals surface area contributed by atoms with Crippen molar-refractivity contribution in [1.82, 2.24) is 9.80 Å². The molecule has 0 aromatic heterocycles. The van der Waals surface area contributed by atoms with E-state index in [9.17, 15) is 9.59 Å². The van der Waals surface area contributed by atoms with Crippen LogP contribution in [0.3, 0.4) is 0 Å². The number of amides is 1. The summed E-state index contributed by atoms with van der Waals surface area (Å²) in [6.45, 7) is 7.70. The molecular formula is C15H26N2O4. The predicted molar refractivity (Wildman–Crippen MR) is 77.7 cm³/mol. The summed E-state index contributed by atoms with van der Waals surface area (Å²) < 4.78 is 10.1. The van der Waals surface area contributed by atoms with Gasteiger partial charge in [0.15, 0.2) is 0 Å². The highest BCUT2D eigenvalue weighted by Crippen LogP contribution is 2.21. The van der Waals surface area contributed by atoms with Crippen LogP contribution in [-0.2, 0) is 19.1 Å². The lowest BCUT2D eigenvalue weighted by atomic mass is 9.92. The van der Waals surface area contributed by atoms with Crippen LogP contribution in [-0.4, -0.2) is 74.2 Å². The third-order valence-electron chi connectivity index (χ3n) is 4.27. The topological polar surface area (TPSA) is 59.1 Å². The fourth-order valence-corrected chi connectivity index (χ4v) is 3.32. The molecule has 2 heterocycles. The molecule has 6 heteroatoms. The fraction of sp³-hybridized carbons (Fsp3) is 0.867. The third-order valence-corrected chi connectivity index (χ3v) is 4.27. The van der Waals surface area contributed by atoms with Crippen LogP contribution in [0.2, 0.25) is 0 Å². The van der Waals surface area contributed by atoms with Gasteiger partial charge in [0.25, 0.3) is 0 Å². The van der Waals surface area contributed by atoms with E-state index in [-0.39, 0.29) is 18.4 Å². The lowest BCUT2D eigenvalue weighted by Gasteiger charge is -2.38. The third kappa shape index (κ3) is 4.17. The molecule has 0 radical (unpaired) electrons. The zero-order valence-corrected chi connectivity index (χ0v) is 13.2. The largest absolute Gasteiger partial charge is 0.468 e. The average Bonchev–Trinajstić information content (AvgIpc) is 2.46. The van der Waals surface area contributed by atoms with Gasteiger partial charge in [-0.25, -0.2) is 0 Å². The van der Waals surface area contributed by atoms with Gasteiger partial charge >= 0.3 is 5.97 Å². The minimum atomic E-state index is -0.465. The highest BCUT2D eigenvalue weighted by atomic mass is 16.5. The Balaban J connectivity index is 1.95. The molecule has 0 aliphatic carbocycles. The van der Waals surface area contributed by atoms with Gasteiger partial charge in [-0.15, -0.1) is 0 Å². The summed E-state index contributed by atoms with van der Waals surface area (Å²) in [4.78, 5) is 28.1. The van der Waals surface area contributed by atoms with Gasteiger partial charge in [0.2, 0.25) is 5.91 Å². The van der Waals surface area contributed by atoms with E-state index in [2.05, 4.69) is 13.8 Å². The highest BCUT2D eigenvalue weighted by molar-refractivity contribution is 5.81. The van der Waals surface area contributed by atoms with Crippen LogP contribution in [0.5, 0.6) is 0 Å². The Morgan fingerprint density at radius 3 is 2.52 bits per heavy atom. The van der Waals surface area contributed by atoms with Crippen LogP contribution < -0.4 is 0 Å². The summed E-state index contributed by atoms with van der Waals surface area (Å²) in [6.07, 6.45) is 1.17. The number of morpholine rings is 1. The Morgan fingerprint density at radius 2 is 1.90 bits per heavy atom. The molecule has 0 aromatic rings. The maximum atomic E-state index is 12.5. The van der Waals surface area contributed by atoms with Gasteiger partial charge in [0.1, 0.15) is 6.04 Å². The maximum absolute atomic E-state index is 12.5. The monoisotopic (exact) mass is 298 g/mol. The molecule has 0 aromatic carbocycles. The number of ether oxygens (including phenoxy) is 2. The zero-order chi connectivity index (χ0) is 15.4. The molecule has 2 aliphatic heterocycles. The predicted octanol–water partition coefficient (Wildman–Crippen LogP) is 0.365. The SMILES string of the molecule is COC(=O)C1COCCN1CC(=O)N1CC(C)CC(C)C1. The second-order valence-corrected chi connectivity index (χ2v) is 6.33. The van der Waals surface area contributed by atoms with Gasteiger partial charge in [-0.1, -0.05) is 13.8 Å². The van der Waals surface area contributed by atoms with E-state index in [0.717, 1.165) is 13.1 Å². The van der Waals surface area contributed by atoms with Gasteiger partial charge in [-0.3, -0.25) is 14.5 Å². The van der Waals surface area contributed by atoms with E-state index in [1.54, 1.807) is 0 Å². The van der Waals surface area contributed by atoms with Crippen molar-refractivity contribution in [1.29, 1.82) is 0 Å².